The number of hydrogen-bond acceptors (Lipinski definition) is 2. The lowest BCUT2D eigenvalue weighted by Crippen LogP contribution is -2.23. The van der Waals surface area contributed by atoms with Crippen molar-refractivity contribution in [3.8, 4) is 0 Å². The zero-order valence-corrected chi connectivity index (χ0v) is 10.6. The first-order valence-corrected chi connectivity index (χ1v) is 6.11. The van der Waals surface area contributed by atoms with Gasteiger partial charge in [0.05, 0.1) is 6.61 Å². The normalized spacial score (nSPS) is 12.7. The van der Waals surface area contributed by atoms with Crippen LogP contribution in [0.1, 0.15) is 37.4 Å². The summed E-state index contributed by atoms with van der Waals surface area (Å²) in [6.07, 6.45) is 1.09. The van der Waals surface area contributed by atoms with E-state index in [9.17, 15) is 0 Å². The number of benzene rings is 1. The molecule has 0 aliphatic rings. The van der Waals surface area contributed by atoms with Crippen LogP contribution >= 0.6 is 0 Å². The monoisotopic (exact) mass is 221 g/mol. The van der Waals surface area contributed by atoms with E-state index < -0.39 is 0 Å². The molecule has 0 aliphatic carbocycles. The van der Waals surface area contributed by atoms with Gasteiger partial charge in [0, 0.05) is 19.2 Å². The summed E-state index contributed by atoms with van der Waals surface area (Å²) in [6, 6.07) is 9.06. The Morgan fingerprint density at radius 2 is 1.88 bits per heavy atom. The summed E-state index contributed by atoms with van der Waals surface area (Å²) < 4.78 is 5.43. The first-order chi connectivity index (χ1) is 7.74. The lowest BCUT2D eigenvalue weighted by Gasteiger charge is -2.14. The number of ether oxygens (including phenoxy) is 1. The molecule has 0 radical (unpaired) electrons. The van der Waals surface area contributed by atoms with Crippen LogP contribution in [0.15, 0.2) is 24.3 Å². The highest BCUT2D eigenvalue weighted by atomic mass is 16.5. The molecule has 0 aromatic heterocycles. The van der Waals surface area contributed by atoms with Gasteiger partial charge in [-0.05, 0) is 25.8 Å². The molecule has 0 bridgehead atoms. The van der Waals surface area contributed by atoms with Crippen molar-refractivity contribution in [2.45, 2.75) is 33.2 Å². The average molecular weight is 221 g/mol. The lowest BCUT2D eigenvalue weighted by atomic mass is 10.1. The van der Waals surface area contributed by atoms with Crippen molar-refractivity contribution in [1.82, 2.24) is 5.32 Å². The molecule has 0 fully saturated rings. The number of rotatable bonds is 7. The van der Waals surface area contributed by atoms with E-state index in [0.29, 0.717) is 6.04 Å². The first kappa shape index (κ1) is 13.2. The third kappa shape index (κ3) is 4.77. The molecule has 0 heterocycles. The topological polar surface area (TPSA) is 21.3 Å². The van der Waals surface area contributed by atoms with Gasteiger partial charge < -0.3 is 10.1 Å². The Kier molecular flexibility index (Phi) is 6.12. The van der Waals surface area contributed by atoms with Gasteiger partial charge in [0.25, 0.3) is 0 Å². The second-order valence-corrected chi connectivity index (χ2v) is 4.20. The summed E-state index contributed by atoms with van der Waals surface area (Å²) >= 11 is 0. The number of hydrogen-bond donors (Lipinski definition) is 1. The van der Waals surface area contributed by atoms with Gasteiger partial charge in [-0.25, -0.2) is 0 Å². The predicted octanol–water partition coefficient (Wildman–Crippen LogP) is 3.07. The van der Waals surface area contributed by atoms with E-state index in [4.69, 9.17) is 4.74 Å². The lowest BCUT2D eigenvalue weighted by molar-refractivity contribution is 0.135. The molecule has 2 nitrogen and oxygen atoms in total. The second-order valence-electron chi connectivity index (χ2n) is 4.20. The molecule has 1 rings (SSSR count). The van der Waals surface area contributed by atoms with Gasteiger partial charge in [-0.1, -0.05) is 36.8 Å². The highest BCUT2D eigenvalue weighted by Crippen LogP contribution is 2.12. The van der Waals surface area contributed by atoms with Crippen LogP contribution in [0.3, 0.4) is 0 Å². The molecule has 0 spiro atoms. The van der Waals surface area contributed by atoms with Crippen molar-refractivity contribution in [2.24, 2.45) is 0 Å². The smallest absolute Gasteiger partial charge is 0.0591 e. The minimum atomic E-state index is 0.394. The van der Waals surface area contributed by atoms with Gasteiger partial charge in [-0.15, -0.1) is 0 Å². The van der Waals surface area contributed by atoms with Crippen molar-refractivity contribution in [1.29, 1.82) is 0 Å². The molecule has 1 atom stereocenters. The van der Waals surface area contributed by atoms with Crippen LogP contribution < -0.4 is 5.32 Å². The molecule has 16 heavy (non-hydrogen) atoms. The minimum Gasteiger partial charge on any atom is -0.380 e. The van der Waals surface area contributed by atoms with Crippen molar-refractivity contribution in [3.63, 3.8) is 0 Å². The molecule has 1 N–H and O–H groups in total. The Hall–Kier alpha value is -0.860. The molecule has 0 saturated heterocycles. The predicted molar refractivity (Wildman–Crippen MR) is 68.7 cm³/mol. The van der Waals surface area contributed by atoms with E-state index >= 15 is 0 Å². The van der Waals surface area contributed by atoms with Crippen molar-refractivity contribution in [3.05, 3.63) is 35.4 Å². The quantitative estimate of drug-likeness (QED) is 0.714. The minimum absolute atomic E-state index is 0.394. The maximum Gasteiger partial charge on any atom is 0.0591 e. The average Bonchev–Trinajstić information content (AvgIpc) is 2.29. The standard InChI is InChI=1S/C14H23NO/c1-4-10-16-11-9-15-13(3)14-7-5-12(2)6-8-14/h5-8,13,15H,4,9-11H2,1-3H3/t13-/m1/s1. The summed E-state index contributed by atoms with van der Waals surface area (Å²) in [4.78, 5) is 0. The summed E-state index contributed by atoms with van der Waals surface area (Å²) in [5, 5.41) is 3.45. The maximum absolute atomic E-state index is 5.43. The Morgan fingerprint density at radius 1 is 1.19 bits per heavy atom. The van der Waals surface area contributed by atoms with E-state index in [-0.39, 0.29) is 0 Å². The molecule has 0 unspecified atom stereocenters. The molecular weight excluding hydrogens is 198 g/mol. The fourth-order valence-corrected chi connectivity index (χ4v) is 1.57. The second kappa shape index (κ2) is 7.42. The molecule has 1 aromatic carbocycles. The third-order valence-electron chi connectivity index (χ3n) is 2.62. The first-order valence-electron chi connectivity index (χ1n) is 6.11. The Bertz CT molecular complexity index is 281. The molecule has 0 saturated carbocycles. The SMILES string of the molecule is CCCOCCN[C@H](C)c1ccc(C)cc1. The molecule has 0 aliphatic heterocycles. The number of aryl methyl sites for hydroxylation is 1. The van der Waals surface area contributed by atoms with Gasteiger partial charge >= 0.3 is 0 Å². The largest absolute Gasteiger partial charge is 0.380 e. The third-order valence-corrected chi connectivity index (χ3v) is 2.62. The van der Waals surface area contributed by atoms with Gasteiger partial charge in [0.2, 0.25) is 0 Å². The van der Waals surface area contributed by atoms with E-state index in [1.807, 2.05) is 0 Å². The summed E-state index contributed by atoms with van der Waals surface area (Å²) in [5.74, 6) is 0. The van der Waals surface area contributed by atoms with Gasteiger partial charge in [-0.3, -0.25) is 0 Å². The Morgan fingerprint density at radius 3 is 2.50 bits per heavy atom. The summed E-state index contributed by atoms with van der Waals surface area (Å²) in [5.41, 5.74) is 2.64. The summed E-state index contributed by atoms with van der Waals surface area (Å²) in [7, 11) is 0. The Balaban J connectivity index is 2.24. The van der Waals surface area contributed by atoms with Crippen LogP contribution in [0.4, 0.5) is 0 Å². The maximum atomic E-state index is 5.43. The highest BCUT2D eigenvalue weighted by molar-refractivity contribution is 5.23. The van der Waals surface area contributed by atoms with E-state index in [0.717, 1.165) is 26.2 Å². The highest BCUT2D eigenvalue weighted by Gasteiger charge is 2.03. The van der Waals surface area contributed by atoms with Crippen LogP contribution in [0.5, 0.6) is 0 Å². The Labute approximate surface area is 99.0 Å². The van der Waals surface area contributed by atoms with Gasteiger partial charge in [0.1, 0.15) is 0 Å². The van der Waals surface area contributed by atoms with Gasteiger partial charge in [-0.2, -0.15) is 0 Å². The van der Waals surface area contributed by atoms with Crippen LogP contribution in [-0.4, -0.2) is 19.8 Å². The fraction of sp³-hybridized carbons (Fsp3) is 0.571. The number of nitrogens with one attached hydrogen (secondary N) is 1. The van der Waals surface area contributed by atoms with E-state index in [1.54, 1.807) is 0 Å². The molecule has 2 heteroatoms. The molecule has 1 aromatic rings. The zero-order valence-electron chi connectivity index (χ0n) is 10.6. The van der Waals surface area contributed by atoms with Crippen LogP contribution in [-0.2, 0) is 4.74 Å². The zero-order chi connectivity index (χ0) is 11.8. The van der Waals surface area contributed by atoms with Gasteiger partial charge in [0.15, 0.2) is 0 Å². The van der Waals surface area contributed by atoms with Crippen LogP contribution in [0, 0.1) is 6.92 Å². The van der Waals surface area contributed by atoms with Crippen LogP contribution in [0.25, 0.3) is 0 Å². The van der Waals surface area contributed by atoms with Crippen molar-refractivity contribution in [2.75, 3.05) is 19.8 Å². The van der Waals surface area contributed by atoms with Crippen LogP contribution in [0.2, 0.25) is 0 Å². The fourth-order valence-electron chi connectivity index (χ4n) is 1.57. The molecule has 90 valence electrons. The molecular formula is C14H23NO. The van der Waals surface area contributed by atoms with Crippen molar-refractivity contribution < 1.29 is 4.74 Å². The van der Waals surface area contributed by atoms with Crippen molar-refractivity contribution >= 4 is 0 Å². The van der Waals surface area contributed by atoms with E-state index in [2.05, 4.69) is 50.4 Å². The summed E-state index contributed by atoms with van der Waals surface area (Å²) in [6.45, 7) is 8.99. The van der Waals surface area contributed by atoms with E-state index in [1.165, 1.54) is 11.1 Å². The molecule has 0 amide bonds.